The summed E-state index contributed by atoms with van der Waals surface area (Å²) in [5.41, 5.74) is 3.56. The summed E-state index contributed by atoms with van der Waals surface area (Å²) in [5, 5.41) is 15.7. The standard InChI is InChI=1S/C33H39FN4O3/c1-4-36(5-2)19-9-10-24(3)35-33(39)21-30(26-11-8-12-28(20-26)38(40)41)31-23-37(32-14-7-6-13-29(31)32)22-25-15-17-27(34)18-16-25/h6-8,11-18,20,23-24,30H,4-5,9-10,19,21-22H2,1-3H3,(H,35,39)/t24-,30+/m0/s1. The Bertz CT molecular complexity index is 1460. The Balaban J connectivity index is 1.63. The van der Waals surface area contributed by atoms with Crippen LogP contribution in [0, 0.1) is 15.9 Å². The summed E-state index contributed by atoms with van der Waals surface area (Å²) in [6, 6.07) is 20.9. The molecule has 4 rings (SSSR count). The van der Waals surface area contributed by atoms with Crippen molar-refractivity contribution in [3.8, 4) is 0 Å². The highest BCUT2D eigenvalue weighted by molar-refractivity contribution is 5.87. The lowest BCUT2D eigenvalue weighted by Crippen LogP contribution is -2.34. The van der Waals surface area contributed by atoms with Gasteiger partial charge < -0.3 is 14.8 Å². The SMILES string of the molecule is CCN(CC)CCC[C@H](C)NC(=O)C[C@H](c1cccc([N+](=O)[O-])c1)c1cn(Cc2ccc(F)cc2)c2ccccc12. The van der Waals surface area contributed by atoms with Crippen molar-refractivity contribution in [2.24, 2.45) is 0 Å². The lowest BCUT2D eigenvalue weighted by atomic mass is 9.87. The summed E-state index contributed by atoms with van der Waals surface area (Å²) < 4.78 is 15.6. The molecule has 0 aliphatic rings. The predicted octanol–water partition coefficient (Wildman–Crippen LogP) is 6.89. The van der Waals surface area contributed by atoms with Crippen LogP contribution in [0.2, 0.25) is 0 Å². The van der Waals surface area contributed by atoms with Crippen molar-refractivity contribution >= 4 is 22.5 Å². The number of nitro benzene ring substituents is 1. The molecule has 41 heavy (non-hydrogen) atoms. The van der Waals surface area contributed by atoms with Gasteiger partial charge in [0, 0.05) is 54.2 Å². The van der Waals surface area contributed by atoms with E-state index in [2.05, 4.69) is 28.6 Å². The molecule has 1 amide bonds. The average molecular weight is 559 g/mol. The maximum atomic E-state index is 13.5. The number of hydrogen-bond acceptors (Lipinski definition) is 4. The molecule has 0 unspecified atom stereocenters. The Morgan fingerprint density at radius 1 is 1.05 bits per heavy atom. The van der Waals surface area contributed by atoms with E-state index in [1.165, 1.54) is 18.2 Å². The molecular weight excluding hydrogens is 519 g/mol. The van der Waals surface area contributed by atoms with Crippen LogP contribution < -0.4 is 5.32 Å². The molecule has 0 spiro atoms. The Kier molecular flexibility index (Phi) is 10.2. The van der Waals surface area contributed by atoms with Gasteiger partial charge in [0.15, 0.2) is 0 Å². The third-order valence-electron chi connectivity index (χ3n) is 7.75. The van der Waals surface area contributed by atoms with E-state index in [1.807, 2.05) is 43.5 Å². The zero-order valence-corrected chi connectivity index (χ0v) is 24.1. The van der Waals surface area contributed by atoms with E-state index in [0.29, 0.717) is 12.1 Å². The molecule has 0 aliphatic heterocycles. The fourth-order valence-electron chi connectivity index (χ4n) is 5.48. The second-order valence-corrected chi connectivity index (χ2v) is 10.6. The number of hydrogen-bond donors (Lipinski definition) is 1. The molecule has 1 heterocycles. The first-order valence-corrected chi connectivity index (χ1v) is 14.4. The van der Waals surface area contributed by atoms with E-state index in [9.17, 15) is 19.3 Å². The Hall–Kier alpha value is -4.04. The van der Waals surface area contributed by atoms with Crippen LogP contribution in [0.15, 0.2) is 79.0 Å². The Morgan fingerprint density at radius 2 is 1.78 bits per heavy atom. The molecule has 0 saturated heterocycles. The smallest absolute Gasteiger partial charge is 0.269 e. The van der Waals surface area contributed by atoms with Gasteiger partial charge in [0.25, 0.3) is 5.69 Å². The summed E-state index contributed by atoms with van der Waals surface area (Å²) in [6.45, 7) is 9.87. The number of carbonyl (C=O) groups excluding carboxylic acids is 1. The Labute approximate surface area is 241 Å². The summed E-state index contributed by atoms with van der Waals surface area (Å²) in [7, 11) is 0. The van der Waals surface area contributed by atoms with Crippen molar-refractivity contribution in [1.29, 1.82) is 0 Å². The number of nitrogens with zero attached hydrogens (tertiary/aromatic N) is 3. The molecule has 0 aliphatic carbocycles. The number of aromatic nitrogens is 1. The lowest BCUT2D eigenvalue weighted by Gasteiger charge is -2.21. The maximum Gasteiger partial charge on any atom is 0.269 e. The van der Waals surface area contributed by atoms with E-state index in [-0.39, 0.29) is 29.9 Å². The average Bonchev–Trinajstić information content (AvgIpc) is 3.33. The molecule has 0 radical (unpaired) electrons. The second-order valence-electron chi connectivity index (χ2n) is 10.6. The quantitative estimate of drug-likeness (QED) is 0.135. The molecule has 0 bridgehead atoms. The predicted molar refractivity (Wildman–Crippen MR) is 162 cm³/mol. The van der Waals surface area contributed by atoms with Crippen LogP contribution in [0.1, 0.15) is 62.6 Å². The van der Waals surface area contributed by atoms with Gasteiger partial charge >= 0.3 is 0 Å². The van der Waals surface area contributed by atoms with Crippen LogP contribution in [0.4, 0.5) is 10.1 Å². The van der Waals surface area contributed by atoms with Gasteiger partial charge in [-0.2, -0.15) is 0 Å². The van der Waals surface area contributed by atoms with Crippen LogP contribution in [0.25, 0.3) is 10.9 Å². The third-order valence-corrected chi connectivity index (χ3v) is 7.75. The zero-order chi connectivity index (χ0) is 29.4. The van der Waals surface area contributed by atoms with Gasteiger partial charge in [-0.15, -0.1) is 0 Å². The molecule has 2 atom stereocenters. The normalized spacial score (nSPS) is 12.9. The van der Waals surface area contributed by atoms with Crippen molar-refractivity contribution < 1.29 is 14.1 Å². The van der Waals surface area contributed by atoms with Gasteiger partial charge in [-0.1, -0.05) is 56.3 Å². The van der Waals surface area contributed by atoms with Crippen LogP contribution in [-0.4, -0.2) is 46.0 Å². The zero-order valence-electron chi connectivity index (χ0n) is 24.1. The molecular formula is C33H39FN4O3. The molecule has 3 aromatic carbocycles. The van der Waals surface area contributed by atoms with Crippen LogP contribution in [-0.2, 0) is 11.3 Å². The molecule has 0 saturated carbocycles. The highest BCUT2D eigenvalue weighted by Gasteiger charge is 2.25. The van der Waals surface area contributed by atoms with Crippen molar-refractivity contribution in [3.05, 3.63) is 112 Å². The van der Waals surface area contributed by atoms with E-state index >= 15 is 0 Å². The van der Waals surface area contributed by atoms with E-state index < -0.39 is 10.8 Å². The highest BCUT2D eigenvalue weighted by atomic mass is 19.1. The number of rotatable bonds is 14. The maximum absolute atomic E-state index is 13.5. The number of non-ortho nitro benzene ring substituents is 1. The second kappa shape index (κ2) is 14.0. The summed E-state index contributed by atoms with van der Waals surface area (Å²) in [4.78, 5) is 27.0. The molecule has 4 aromatic rings. The van der Waals surface area contributed by atoms with Gasteiger partial charge in [-0.3, -0.25) is 14.9 Å². The summed E-state index contributed by atoms with van der Waals surface area (Å²) >= 11 is 0. The topological polar surface area (TPSA) is 80.4 Å². The van der Waals surface area contributed by atoms with Crippen molar-refractivity contribution in [2.75, 3.05) is 19.6 Å². The lowest BCUT2D eigenvalue weighted by molar-refractivity contribution is -0.384. The Morgan fingerprint density at radius 3 is 2.49 bits per heavy atom. The number of para-hydroxylation sites is 1. The monoisotopic (exact) mass is 558 g/mol. The first kappa shape index (κ1) is 29.9. The summed E-state index contributed by atoms with van der Waals surface area (Å²) in [6.07, 6.45) is 4.05. The van der Waals surface area contributed by atoms with E-state index in [4.69, 9.17) is 0 Å². The first-order valence-electron chi connectivity index (χ1n) is 14.4. The molecule has 7 nitrogen and oxygen atoms in total. The minimum Gasteiger partial charge on any atom is -0.354 e. The molecule has 1 aromatic heterocycles. The molecule has 8 heteroatoms. The van der Waals surface area contributed by atoms with Crippen LogP contribution >= 0.6 is 0 Å². The molecule has 216 valence electrons. The van der Waals surface area contributed by atoms with Crippen LogP contribution in [0.5, 0.6) is 0 Å². The number of nitrogens with one attached hydrogen (secondary N) is 1. The van der Waals surface area contributed by atoms with Gasteiger partial charge in [-0.25, -0.2) is 4.39 Å². The fourth-order valence-corrected chi connectivity index (χ4v) is 5.48. The molecule has 0 fully saturated rings. The van der Waals surface area contributed by atoms with Gasteiger partial charge in [0.1, 0.15) is 5.82 Å². The number of fused-ring (bicyclic) bond motifs is 1. The minimum absolute atomic E-state index is 0.00673. The first-order chi connectivity index (χ1) is 19.8. The van der Waals surface area contributed by atoms with Crippen molar-refractivity contribution in [1.82, 2.24) is 14.8 Å². The number of benzene rings is 3. The van der Waals surface area contributed by atoms with Crippen molar-refractivity contribution in [2.45, 2.75) is 58.5 Å². The van der Waals surface area contributed by atoms with Gasteiger partial charge in [0.2, 0.25) is 5.91 Å². The fraction of sp³-hybridized carbons (Fsp3) is 0.364. The van der Waals surface area contributed by atoms with E-state index in [0.717, 1.165) is 54.5 Å². The van der Waals surface area contributed by atoms with Gasteiger partial charge in [0.05, 0.1) is 4.92 Å². The minimum atomic E-state index is -0.406. The largest absolute Gasteiger partial charge is 0.354 e. The van der Waals surface area contributed by atoms with Crippen molar-refractivity contribution in [3.63, 3.8) is 0 Å². The van der Waals surface area contributed by atoms with Gasteiger partial charge in [-0.05, 0) is 74.3 Å². The number of amides is 1. The number of nitro groups is 1. The van der Waals surface area contributed by atoms with E-state index in [1.54, 1.807) is 24.3 Å². The summed E-state index contributed by atoms with van der Waals surface area (Å²) in [5.74, 6) is -0.768. The molecule has 1 N–H and O–H groups in total. The van der Waals surface area contributed by atoms with Crippen LogP contribution in [0.3, 0.4) is 0 Å². The number of carbonyl (C=O) groups is 1. The highest BCUT2D eigenvalue weighted by Crippen LogP contribution is 2.36. The third kappa shape index (κ3) is 7.79. The number of halogens is 1.